The summed E-state index contributed by atoms with van der Waals surface area (Å²) < 4.78 is 1.99. The van der Waals surface area contributed by atoms with Crippen molar-refractivity contribution in [1.82, 2.24) is 15.0 Å². The number of aromatic nitrogens is 3. The van der Waals surface area contributed by atoms with E-state index in [4.69, 9.17) is 5.26 Å². The first-order chi connectivity index (χ1) is 12.2. The van der Waals surface area contributed by atoms with Gasteiger partial charge in [0.15, 0.2) is 0 Å². The summed E-state index contributed by atoms with van der Waals surface area (Å²) in [4.78, 5) is 12.5. The molecule has 6 nitrogen and oxygen atoms in total. The topological polar surface area (TPSA) is 83.6 Å². The molecular weight excluding hydrogens is 314 g/mol. The summed E-state index contributed by atoms with van der Waals surface area (Å²) in [5, 5.41) is 20.3. The molecule has 1 heterocycles. The quantitative estimate of drug-likeness (QED) is 0.793. The number of anilines is 1. The van der Waals surface area contributed by atoms with Crippen molar-refractivity contribution in [2.75, 3.05) is 5.32 Å². The predicted octanol–water partition coefficient (Wildman–Crippen LogP) is 3.67. The smallest absolute Gasteiger partial charge is 0.255 e. The van der Waals surface area contributed by atoms with E-state index in [-0.39, 0.29) is 5.91 Å². The van der Waals surface area contributed by atoms with Crippen molar-refractivity contribution in [3.63, 3.8) is 0 Å². The van der Waals surface area contributed by atoms with Crippen LogP contribution in [0.1, 0.15) is 47.6 Å². The van der Waals surface area contributed by atoms with E-state index in [9.17, 15) is 4.79 Å². The van der Waals surface area contributed by atoms with Gasteiger partial charge in [-0.25, -0.2) is 4.68 Å². The fourth-order valence-electron chi connectivity index (χ4n) is 3.37. The number of benzene rings is 2. The molecule has 4 rings (SSSR count). The summed E-state index contributed by atoms with van der Waals surface area (Å²) in [7, 11) is 0. The number of carbonyl (C=O) groups is 1. The third-order valence-electron chi connectivity index (χ3n) is 4.65. The van der Waals surface area contributed by atoms with Crippen LogP contribution in [0.3, 0.4) is 0 Å². The molecule has 25 heavy (non-hydrogen) atoms. The van der Waals surface area contributed by atoms with Gasteiger partial charge in [-0.3, -0.25) is 4.79 Å². The standard InChI is InChI=1S/C19H17N5O/c20-12-13-4-3-5-15(10-13)21-19(25)14-8-9-18-17(11-14)22-23-24(18)16-6-1-2-7-16/h3-5,8-11,16H,1-2,6-7H2,(H,21,25). The van der Waals surface area contributed by atoms with Crippen molar-refractivity contribution in [3.8, 4) is 6.07 Å². The highest BCUT2D eigenvalue weighted by Crippen LogP contribution is 2.31. The molecule has 1 amide bonds. The monoisotopic (exact) mass is 331 g/mol. The Morgan fingerprint density at radius 2 is 2.04 bits per heavy atom. The minimum absolute atomic E-state index is 0.229. The first-order valence-electron chi connectivity index (χ1n) is 8.41. The zero-order chi connectivity index (χ0) is 17.2. The van der Waals surface area contributed by atoms with Gasteiger partial charge in [0.1, 0.15) is 5.52 Å². The summed E-state index contributed by atoms with van der Waals surface area (Å²) in [6.45, 7) is 0. The first kappa shape index (κ1) is 15.3. The highest BCUT2D eigenvalue weighted by molar-refractivity contribution is 6.05. The first-order valence-corrected chi connectivity index (χ1v) is 8.41. The van der Waals surface area contributed by atoms with E-state index in [1.165, 1.54) is 12.8 Å². The summed E-state index contributed by atoms with van der Waals surface area (Å²) in [6, 6.07) is 14.8. The average molecular weight is 331 g/mol. The highest BCUT2D eigenvalue weighted by atomic mass is 16.1. The maximum absolute atomic E-state index is 12.5. The van der Waals surface area contributed by atoms with Crippen molar-refractivity contribution in [1.29, 1.82) is 5.26 Å². The zero-order valence-corrected chi connectivity index (χ0v) is 13.6. The summed E-state index contributed by atoms with van der Waals surface area (Å²) in [5.41, 5.74) is 3.32. The Morgan fingerprint density at radius 3 is 2.84 bits per heavy atom. The van der Waals surface area contributed by atoms with Gasteiger partial charge in [-0.05, 0) is 49.2 Å². The molecule has 6 heteroatoms. The highest BCUT2D eigenvalue weighted by Gasteiger charge is 2.20. The second-order valence-electron chi connectivity index (χ2n) is 6.32. The molecular formula is C19H17N5O. The third kappa shape index (κ3) is 2.96. The second kappa shape index (κ2) is 6.36. The van der Waals surface area contributed by atoms with Crippen molar-refractivity contribution in [2.45, 2.75) is 31.7 Å². The Hall–Kier alpha value is -3.20. The minimum Gasteiger partial charge on any atom is -0.322 e. The molecule has 0 aliphatic heterocycles. The summed E-state index contributed by atoms with van der Waals surface area (Å²) in [5.74, 6) is -0.229. The van der Waals surface area contributed by atoms with Gasteiger partial charge in [-0.1, -0.05) is 24.1 Å². The Morgan fingerprint density at radius 1 is 1.20 bits per heavy atom. The Labute approximate surface area is 145 Å². The van der Waals surface area contributed by atoms with Gasteiger partial charge in [-0.2, -0.15) is 5.26 Å². The third-order valence-corrected chi connectivity index (χ3v) is 4.65. The molecule has 0 radical (unpaired) electrons. The molecule has 1 N–H and O–H groups in total. The normalized spacial score (nSPS) is 14.5. The van der Waals surface area contributed by atoms with Crippen LogP contribution in [0, 0.1) is 11.3 Å². The number of amides is 1. The van der Waals surface area contributed by atoms with Gasteiger partial charge >= 0.3 is 0 Å². The summed E-state index contributed by atoms with van der Waals surface area (Å²) in [6.07, 6.45) is 4.73. The lowest BCUT2D eigenvalue weighted by Crippen LogP contribution is -2.12. The lowest BCUT2D eigenvalue weighted by molar-refractivity contribution is 0.102. The summed E-state index contributed by atoms with van der Waals surface area (Å²) >= 11 is 0. The lowest BCUT2D eigenvalue weighted by atomic mass is 10.1. The second-order valence-corrected chi connectivity index (χ2v) is 6.32. The van der Waals surface area contributed by atoms with E-state index in [1.54, 1.807) is 36.4 Å². The number of fused-ring (bicyclic) bond motifs is 1. The van der Waals surface area contributed by atoms with Gasteiger partial charge in [0.05, 0.1) is 23.2 Å². The van der Waals surface area contributed by atoms with E-state index >= 15 is 0 Å². The van der Waals surface area contributed by atoms with Crippen LogP contribution < -0.4 is 5.32 Å². The molecule has 0 saturated heterocycles. The Bertz CT molecular complexity index is 979. The SMILES string of the molecule is N#Cc1cccc(NC(=O)c2ccc3c(c2)nnn3C2CCCC2)c1. The molecule has 1 aliphatic carbocycles. The van der Waals surface area contributed by atoms with Crippen LogP contribution in [0.2, 0.25) is 0 Å². The van der Waals surface area contributed by atoms with Crippen LogP contribution in [0.25, 0.3) is 11.0 Å². The van der Waals surface area contributed by atoms with Gasteiger partial charge < -0.3 is 5.32 Å². The molecule has 124 valence electrons. The van der Waals surface area contributed by atoms with Gasteiger partial charge in [0.25, 0.3) is 5.91 Å². The van der Waals surface area contributed by atoms with E-state index in [0.717, 1.165) is 23.9 Å². The number of nitriles is 1. The van der Waals surface area contributed by atoms with Crippen molar-refractivity contribution >= 4 is 22.6 Å². The molecule has 0 unspecified atom stereocenters. The largest absolute Gasteiger partial charge is 0.322 e. The molecule has 1 aromatic heterocycles. The minimum atomic E-state index is -0.229. The van der Waals surface area contributed by atoms with Gasteiger partial charge in [-0.15, -0.1) is 5.10 Å². The number of nitrogens with zero attached hydrogens (tertiary/aromatic N) is 4. The van der Waals surface area contributed by atoms with Crippen LogP contribution in [-0.4, -0.2) is 20.9 Å². The van der Waals surface area contributed by atoms with Crippen molar-refractivity contribution in [2.24, 2.45) is 0 Å². The van der Waals surface area contributed by atoms with Crippen LogP contribution >= 0.6 is 0 Å². The van der Waals surface area contributed by atoms with Crippen LogP contribution in [-0.2, 0) is 0 Å². The number of hydrogen-bond acceptors (Lipinski definition) is 4. The number of nitrogens with one attached hydrogen (secondary N) is 1. The molecule has 0 bridgehead atoms. The Balaban J connectivity index is 1.58. The molecule has 0 spiro atoms. The molecule has 3 aromatic rings. The molecule has 2 aromatic carbocycles. The van der Waals surface area contributed by atoms with E-state index in [0.29, 0.717) is 22.9 Å². The number of carbonyl (C=O) groups excluding carboxylic acids is 1. The predicted molar refractivity (Wildman–Crippen MR) is 94.1 cm³/mol. The van der Waals surface area contributed by atoms with Gasteiger partial charge in [0.2, 0.25) is 0 Å². The molecule has 1 aliphatic rings. The van der Waals surface area contributed by atoms with Crippen LogP contribution in [0.5, 0.6) is 0 Å². The van der Waals surface area contributed by atoms with E-state index in [1.807, 2.05) is 10.7 Å². The molecule has 1 saturated carbocycles. The average Bonchev–Trinajstić information content (AvgIpc) is 3.30. The number of hydrogen-bond donors (Lipinski definition) is 1. The van der Waals surface area contributed by atoms with Crippen LogP contribution in [0.15, 0.2) is 42.5 Å². The maximum Gasteiger partial charge on any atom is 0.255 e. The van der Waals surface area contributed by atoms with Crippen LogP contribution in [0.4, 0.5) is 5.69 Å². The number of rotatable bonds is 3. The Kier molecular flexibility index (Phi) is 3.90. The van der Waals surface area contributed by atoms with Crippen molar-refractivity contribution in [3.05, 3.63) is 53.6 Å². The van der Waals surface area contributed by atoms with Crippen molar-refractivity contribution < 1.29 is 4.79 Å². The lowest BCUT2D eigenvalue weighted by Gasteiger charge is -2.10. The molecule has 0 atom stereocenters. The zero-order valence-electron chi connectivity index (χ0n) is 13.6. The maximum atomic E-state index is 12.5. The van der Waals surface area contributed by atoms with Gasteiger partial charge in [0, 0.05) is 11.3 Å². The fraction of sp³-hybridized carbons (Fsp3) is 0.263. The van der Waals surface area contributed by atoms with E-state index in [2.05, 4.69) is 21.7 Å². The van der Waals surface area contributed by atoms with E-state index < -0.39 is 0 Å². The fourth-order valence-corrected chi connectivity index (χ4v) is 3.37. The molecule has 1 fully saturated rings.